The van der Waals surface area contributed by atoms with Crippen LogP contribution in [0.3, 0.4) is 0 Å². The zero-order valence-electron chi connectivity index (χ0n) is 8.26. The lowest BCUT2D eigenvalue weighted by Crippen LogP contribution is -2.40. The molecule has 3 nitrogen and oxygen atoms in total. The summed E-state index contributed by atoms with van der Waals surface area (Å²) in [6.07, 6.45) is 1.57. The second-order valence-corrected chi connectivity index (χ2v) is 9.23. The van der Waals surface area contributed by atoms with Crippen molar-refractivity contribution in [1.29, 1.82) is 0 Å². The molecule has 0 saturated carbocycles. The fourth-order valence-corrected chi connectivity index (χ4v) is 3.72. The maximum Gasteiger partial charge on any atom is 0.233 e. The molecule has 13 heavy (non-hydrogen) atoms. The van der Waals surface area contributed by atoms with E-state index in [1.54, 1.807) is 13.3 Å². The molecule has 0 radical (unpaired) electrons. The molecule has 0 aliphatic carbocycles. The van der Waals surface area contributed by atoms with Crippen molar-refractivity contribution in [3.8, 4) is 5.88 Å². The molecule has 0 spiro atoms. The smallest absolute Gasteiger partial charge is 0.233 e. The van der Waals surface area contributed by atoms with Crippen molar-refractivity contribution in [2.75, 3.05) is 7.11 Å². The Bertz CT molecular complexity index is 312. The van der Waals surface area contributed by atoms with E-state index in [2.05, 4.69) is 29.8 Å². The van der Waals surface area contributed by atoms with E-state index in [1.807, 2.05) is 0 Å². The summed E-state index contributed by atoms with van der Waals surface area (Å²) in [5, 5.41) is 9.34. The lowest BCUT2D eigenvalue weighted by atomic mass is 10.5. The number of rotatable bonds is 2. The summed E-state index contributed by atoms with van der Waals surface area (Å²) in [7, 11) is 0.0844. The highest BCUT2D eigenvalue weighted by Gasteiger charge is 2.25. The van der Waals surface area contributed by atoms with Crippen LogP contribution in [0.4, 0.5) is 0 Å². The van der Waals surface area contributed by atoms with Crippen molar-refractivity contribution in [2.45, 2.75) is 19.6 Å². The average molecular weight is 217 g/mol. The standard InChI is InChI=1S/C8H13ClN2OSi/c1-12-8-7(13(2,3)4)6(9)5-10-11-8/h5H,1-4H3. The van der Waals surface area contributed by atoms with E-state index in [4.69, 9.17) is 16.3 Å². The van der Waals surface area contributed by atoms with Crippen LogP contribution in [0.2, 0.25) is 24.7 Å². The van der Waals surface area contributed by atoms with Gasteiger partial charge in [0.15, 0.2) is 0 Å². The number of halogens is 1. The average Bonchev–Trinajstić information content (AvgIpc) is 2.01. The molecule has 5 heteroatoms. The van der Waals surface area contributed by atoms with Gasteiger partial charge in [-0.15, -0.1) is 5.10 Å². The molecular weight excluding hydrogens is 204 g/mol. The highest BCUT2D eigenvalue weighted by atomic mass is 35.5. The fraction of sp³-hybridized carbons (Fsp3) is 0.500. The van der Waals surface area contributed by atoms with Gasteiger partial charge in [0.1, 0.15) is 0 Å². The van der Waals surface area contributed by atoms with Crippen LogP contribution in [-0.4, -0.2) is 25.4 Å². The van der Waals surface area contributed by atoms with Crippen molar-refractivity contribution in [1.82, 2.24) is 10.2 Å². The SMILES string of the molecule is COc1nncc(Cl)c1[Si](C)(C)C. The third kappa shape index (κ3) is 2.19. The quantitative estimate of drug-likeness (QED) is 0.706. The zero-order valence-corrected chi connectivity index (χ0v) is 10.0. The molecule has 1 aromatic rings. The van der Waals surface area contributed by atoms with Crippen molar-refractivity contribution in [3.05, 3.63) is 11.2 Å². The van der Waals surface area contributed by atoms with Crippen LogP contribution in [0.15, 0.2) is 6.20 Å². The van der Waals surface area contributed by atoms with Crippen LogP contribution in [0.5, 0.6) is 5.88 Å². The van der Waals surface area contributed by atoms with Gasteiger partial charge in [-0.25, -0.2) is 0 Å². The number of hydrogen-bond donors (Lipinski definition) is 0. The van der Waals surface area contributed by atoms with Crippen molar-refractivity contribution < 1.29 is 4.74 Å². The topological polar surface area (TPSA) is 35.0 Å². The first-order valence-corrected chi connectivity index (χ1v) is 7.90. The highest BCUT2D eigenvalue weighted by Crippen LogP contribution is 2.16. The summed E-state index contributed by atoms with van der Waals surface area (Å²) in [5.74, 6) is 0.562. The molecule has 0 aliphatic heterocycles. The molecule has 0 N–H and O–H groups in total. The summed E-state index contributed by atoms with van der Waals surface area (Å²) in [6, 6.07) is 0. The van der Waals surface area contributed by atoms with E-state index < -0.39 is 8.07 Å². The van der Waals surface area contributed by atoms with Gasteiger partial charge < -0.3 is 4.74 Å². The molecule has 0 aromatic carbocycles. The van der Waals surface area contributed by atoms with E-state index in [0.29, 0.717) is 10.9 Å². The van der Waals surface area contributed by atoms with E-state index in [-0.39, 0.29) is 0 Å². The van der Waals surface area contributed by atoms with Gasteiger partial charge in [-0.1, -0.05) is 31.2 Å². The summed E-state index contributed by atoms with van der Waals surface area (Å²) < 4.78 is 5.13. The maximum absolute atomic E-state index is 6.05. The molecule has 0 bridgehead atoms. The van der Waals surface area contributed by atoms with Crippen LogP contribution >= 0.6 is 11.6 Å². The van der Waals surface area contributed by atoms with Crippen molar-refractivity contribution in [3.63, 3.8) is 0 Å². The van der Waals surface area contributed by atoms with E-state index in [0.717, 1.165) is 5.19 Å². The molecule has 72 valence electrons. The van der Waals surface area contributed by atoms with Gasteiger partial charge in [-0.05, 0) is 0 Å². The predicted octanol–water partition coefficient (Wildman–Crippen LogP) is 1.68. The zero-order chi connectivity index (χ0) is 10.1. The van der Waals surface area contributed by atoms with Crippen LogP contribution in [0.25, 0.3) is 0 Å². The summed E-state index contributed by atoms with van der Waals surface area (Å²) in [5.41, 5.74) is 0. The maximum atomic E-state index is 6.05. The summed E-state index contributed by atoms with van der Waals surface area (Å²) in [6.45, 7) is 6.58. The first kappa shape index (κ1) is 10.5. The Morgan fingerprint density at radius 1 is 1.38 bits per heavy atom. The number of nitrogens with zero attached hydrogens (tertiary/aromatic N) is 2. The molecule has 0 saturated heterocycles. The van der Waals surface area contributed by atoms with Gasteiger partial charge >= 0.3 is 0 Å². The van der Waals surface area contributed by atoms with Crippen molar-refractivity contribution in [2.24, 2.45) is 0 Å². The number of aromatic nitrogens is 2. The summed E-state index contributed by atoms with van der Waals surface area (Å²) in [4.78, 5) is 0. The Labute approximate surface area is 84.1 Å². The monoisotopic (exact) mass is 216 g/mol. The van der Waals surface area contributed by atoms with Crippen LogP contribution in [-0.2, 0) is 0 Å². The minimum atomic E-state index is -1.50. The van der Waals surface area contributed by atoms with E-state index in [9.17, 15) is 0 Å². The Hall–Kier alpha value is -0.613. The van der Waals surface area contributed by atoms with Gasteiger partial charge in [0.25, 0.3) is 0 Å². The third-order valence-corrected chi connectivity index (χ3v) is 4.14. The first-order valence-electron chi connectivity index (χ1n) is 4.02. The van der Waals surface area contributed by atoms with Gasteiger partial charge in [-0.3, -0.25) is 0 Å². The minimum absolute atomic E-state index is 0.562. The fourth-order valence-electron chi connectivity index (χ4n) is 1.17. The first-order chi connectivity index (χ1) is 5.96. The number of ether oxygens (including phenoxy) is 1. The minimum Gasteiger partial charge on any atom is -0.480 e. The second kappa shape index (κ2) is 3.63. The second-order valence-electron chi connectivity index (χ2n) is 3.83. The number of methoxy groups -OCH3 is 1. The van der Waals surface area contributed by atoms with Gasteiger partial charge in [0.05, 0.1) is 26.4 Å². The van der Waals surface area contributed by atoms with Crippen molar-refractivity contribution >= 4 is 24.9 Å². The normalized spacial score (nSPS) is 11.5. The highest BCUT2D eigenvalue weighted by molar-refractivity contribution is 6.90. The predicted molar refractivity (Wildman–Crippen MR) is 56.6 cm³/mol. The number of hydrogen-bond acceptors (Lipinski definition) is 3. The molecule has 0 aliphatic rings. The third-order valence-electron chi connectivity index (χ3n) is 1.72. The molecule has 1 aromatic heterocycles. The largest absolute Gasteiger partial charge is 0.480 e. The van der Waals surface area contributed by atoms with Gasteiger partial charge in [0.2, 0.25) is 5.88 Å². The molecule has 0 unspecified atom stereocenters. The molecule has 0 amide bonds. The van der Waals surface area contributed by atoms with E-state index >= 15 is 0 Å². The lowest BCUT2D eigenvalue weighted by molar-refractivity contribution is 0.395. The van der Waals surface area contributed by atoms with Crippen LogP contribution in [0, 0.1) is 0 Å². The van der Waals surface area contributed by atoms with Gasteiger partial charge in [-0.2, -0.15) is 5.10 Å². The van der Waals surface area contributed by atoms with Gasteiger partial charge in [0, 0.05) is 5.19 Å². The molecular formula is C8H13ClN2OSi. The Kier molecular flexibility index (Phi) is 2.93. The summed E-state index contributed by atoms with van der Waals surface area (Å²) >= 11 is 6.05. The Morgan fingerprint density at radius 2 is 2.00 bits per heavy atom. The van der Waals surface area contributed by atoms with Crippen LogP contribution in [0.1, 0.15) is 0 Å². The molecule has 0 fully saturated rings. The molecule has 0 atom stereocenters. The Balaban J connectivity index is 3.32. The lowest BCUT2D eigenvalue weighted by Gasteiger charge is -2.19. The van der Waals surface area contributed by atoms with Crippen LogP contribution < -0.4 is 9.92 Å². The Morgan fingerprint density at radius 3 is 2.38 bits per heavy atom. The molecule has 1 heterocycles. The molecule has 1 rings (SSSR count). The van der Waals surface area contributed by atoms with E-state index in [1.165, 1.54) is 0 Å².